The zero-order valence-electron chi connectivity index (χ0n) is 10.6. The summed E-state index contributed by atoms with van der Waals surface area (Å²) in [6.45, 7) is 2.44. The van der Waals surface area contributed by atoms with E-state index < -0.39 is 0 Å². The molecule has 1 aromatic carbocycles. The van der Waals surface area contributed by atoms with Crippen molar-refractivity contribution in [2.24, 2.45) is 0 Å². The molecule has 96 valence electrons. The van der Waals surface area contributed by atoms with Crippen LogP contribution in [0.5, 0.6) is 0 Å². The molecule has 0 aliphatic heterocycles. The Balaban J connectivity index is 1.87. The molecule has 0 unspecified atom stereocenters. The van der Waals surface area contributed by atoms with Gasteiger partial charge in [-0.25, -0.2) is 0 Å². The topological polar surface area (TPSA) is 77.0 Å². The van der Waals surface area contributed by atoms with E-state index in [9.17, 15) is 0 Å². The van der Waals surface area contributed by atoms with Gasteiger partial charge in [-0.05, 0) is 31.2 Å². The molecule has 3 N–H and O–H groups in total. The molecule has 0 saturated carbocycles. The smallest absolute Gasteiger partial charge is 0.156 e. The van der Waals surface area contributed by atoms with Gasteiger partial charge in [-0.3, -0.25) is 4.98 Å². The Labute approximate surface area is 110 Å². The van der Waals surface area contributed by atoms with E-state index in [0.29, 0.717) is 12.2 Å². The summed E-state index contributed by atoms with van der Waals surface area (Å²) in [5.41, 5.74) is 9.46. The molecule has 0 aliphatic carbocycles. The number of rotatable bonds is 3. The number of benzene rings is 1. The summed E-state index contributed by atoms with van der Waals surface area (Å²) in [6.07, 6.45) is 1.76. The van der Waals surface area contributed by atoms with E-state index in [2.05, 4.69) is 15.5 Å². The van der Waals surface area contributed by atoms with Crippen molar-refractivity contribution < 1.29 is 4.52 Å². The van der Waals surface area contributed by atoms with Gasteiger partial charge in [0, 0.05) is 17.6 Å². The Bertz CT molecular complexity index is 720. The molecular formula is C14H14N4O. The van der Waals surface area contributed by atoms with Crippen molar-refractivity contribution in [1.29, 1.82) is 0 Å². The maximum atomic E-state index is 6.14. The minimum atomic E-state index is 0.552. The SMILES string of the molecule is Cc1cc(CNc2ccc3ncccc3c2N)on1. The molecule has 3 aromatic rings. The molecule has 2 aromatic heterocycles. The van der Waals surface area contributed by atoms with E-state index >= 15 is 0 Å². The lowest BCUT2D eigenvalue weighted by atomic mass is 10.1. The quantitative estimate of drug-likeness (QED) is 0.703. The van der Waals surface area contributed by atoms with Crippen LogP contribution in [0.1, 0.15) is 11.5 Å². The molecule has 0 radical (unpaired) electrons. The molecular weight excluding hydrogens is 240 g/mol. The standard InChI is InChI=1S/C14H14N4O/c1-9-7-10(19-18-9)8-17-13-5-4-12-11(14(13)15)3-2-6-16-12/h2-7,17H,8,15H2,1H3. The van der Waals surface area contributed by atoms with E-state index in [1.165, 1.54) is 0 Å². The highest BCUT2D eigenvalue weighted by Gasteiger charge is 2.06. The van der Waals surface area contributed by atoms with Crippen molar-refractivity contribution in [3.8, 4) is 0 Å². The number of fused-ring (bicyclic) bond motifs is 1. The predicted octanol–water partition coefficient (Wildman–Crippen LogP) is 2.73. The second kappa shape index (κ2) is 4.61. The normalized spacial score (nSPS) is 10.8. The number of nitrogens with one attached hydrogen (secondary N) is 1. The van der Waals surface area contributed by atoms with Crippen LogP contribution in [0.25, 0.3) is 10.9 Å². The maximum absolute atomic E-state index is 6.14. The van der Waals surface area contributed by atoms with Crippen LogP contribution in [-0.2, 0) is 6.54 Å². The number of anilines is 2. The summed E-state index contributed by atoms with van der Waals surface area (Å²) in [4.78, 5) is 4.27. The molecule has 0 aliphatic rings. The molecule has 5 heteroatoms. The zero-order valence-corrected chi connectivity index (χ0v) is 10.6. The van der Waals surface area contributed by atoms with Crippen LogP contribution in [0.15, 0.2) is 41.1 Å². The lowest BCUT2D eigenvalue weighted by Crippen LogP contribution is -2.02. The van der Waals surface area contributed by atoms with Gasteiger partial charge < -0.3 is 15.6 Å². The molecule has 5 nitrogen and oxygen atoms in total. The first-order chi connectivity index (χ1) is 9.24. The number of nitrogen functional groups attached to an aromatic ring is 1. The van der Waals surface area contributed by atoms with Gasteiger partial charge in [-0.2, -0.15) is 0 Å². The minimum absolute atomic E-state index is 0.552. The van der Waals surface area contributed by atoms with E-state index in [1.54, 1.807) is 6.20 Å². The highest BCUT2D eigenvalue weighted by atomic mass is 16.5. The fraction of sp³-hybridized carbons (Fsp3) is 0.143. The second-order valence-corrected chi connectivity index (χ2v) is 4.39. The number of aryl methyl sites for hydroxylation is 1. The molecule has 19 heavy (non-hydrogen) atoms. The van der Waals surface area contributed by atoms with E-state index in [4.69, 9.17) is 10.3 Å². The molecule has 2 heterocycles. The predicted molar refractivity (Wildman–Crippen MR) is 74.7 cm³/mol. The maximum Gasteiger partial charge on any atom is 0.156 e. The van der Waals surface area contributed by atoms with Gasteiger partial charge in [0.2, 0.25) is 0 Å². The lowest BCUT2D eigenvalue weighted by Gasteiger charge is -2.09. The van der Waals surface area contributed by atoms with Crippen molar-refractivity contribution in [3.05, 3.63) is 48.0 Å². The Hall–Kier alpha value is -2.56. The van der Waals surface area contributed by atoms with E-state index in [1.807, 2.05) is 37.3 Å². The van der Waals surface area contributed by atoms with Crippen LogP contribution in [0.3, 0.4) is 0 Å². The summed E-state index contributed by atoms with van der Waals surface area (Å²) < 4.78 is 5.15. The first-order valence-corrected chi connectivity index (χ1v) is 6.03. The fourth-order valence-corrected chi connectivity index (χ4v) is 2.01. The molecule has 0 fully saturated rings. The third kappa shape index (κ3) is 2.22. The third-order valence-corrected chi connectivity index (χ3v) is 2.96. The number of nitrogens with two attached hydrogens (primary N) is 1. The van der Waals surface area contributed by atoms with Gasteiger partial charge in [0.05, 0.1) is 29.1 Å². The summed E-state index contributed by atoms with van der Waals surface area (Å²) in [6, 6.07) is 9.60. The van der Waals surface area contributed by atoms with Crippen molar-refractivity contribution in [1.82, 2.24) is 10.1 Å². The van der Waals surface area contributed by atoms with Gasteiger partial charge in [-0.1, -0.05) is 5.16 Å². The molecule has 3 rings (SSSR count). The number of pyridine rings is 1. The van der Waals surface area contributed by atoms with Crippen molar-refractivity contribution in [3.63, 3.8) is 0 Å². The van der Waals surface area contributed by atoms with Crippen LogP contribution >= 0.6 is 0 Å². The Kier molecular flexibility index (Phi) is 2.79. The number of hydrogen-bond acceptors (Lipinski definition) is 5. The average molecular weight is 254 g/mol. The van der Waals surface area contributed by atoms with Gasteiger partial charge in [0.15, 0.2) is 5.76 Å². The van der Waals surface area contributed by atoms with Crippen molar-refractivity contribution in [2.45, 2.75) is 13.5 Å². The summed E-state index contributed by atoms with van der Waals surface area (Å²) in [5.74, 6) is 0.781. The van der Waals surface area contributed by atoms with Gasteiger partial charge in [0.1, 0.15) is 0 Å². The van der Waals surface area contributed by atoms with E-state index in [-0.39, 0.29) is 0 Å². The monoisotopic (exact) mass is 254 g/mol. The number of aromatic nitrogens is 2. The van der Waals surface area contributed by atoms with Gasteiger partial charge >= 0.3 is 0 Å². The molecule has 0 saturated heterocycles. The molecule has 0 atom stereocenters. The van der Waals surface area contributed by atoms with Gasteiger partial charge in [-0.15, -0.1) is 0 Å². The van der Waals surface area contributed by atoms with Gasteiger partial charge in [0.25, 0.3) is 0 Å². The molecule has 0 amide bonds. The molecule has 0 spiro atoms. The second-order valence-electron chi connectivity index (χ2n) is 4.39. The van der Waals surface area contributed by atoms with Crippen LogP contribution in [-0.4, -0.2) is 10.1 Å². The highest BCUT2D eigenvalue weighted by Crippen LogP contribution is 2.27. The largest absolute Gasteiger partial charge is 0.397 e. The van der Waals surface area contributed by atoms with Crippen LogP contribution < -0.4 is 11.1 Å². The lowest BCUT2D eigenvalue weighted by molar-refractivity contribution is 0.384. The van der Waals surface area contributed by atoms with Crippen LogP contribution in [0.4, 0.5) is 11.4 Å². The first kappa shape index (κ1) is 11.5. The number of nitrogens with zero attached hydrogens (tertiary/aromatic N) is 2. The fourth-order valence-electron chi connectivity index (χ4n) is 2.01. The van der Waals surface area contributed by atoms with Crippen molar-refractivity contribution >= 4 is 22.3 Å². The highest BCUT2D eigenvalue weighted by molar-refractivity contribution is 5.96. The van der Waals surface area contributed by atoms with Crippen molar-refractivity contribution in [2.75, 3.05) is 11.1 Å². The van der Waals surface area contributed by atoms with Crippen LogP contribution in [0, 0.1) is 6.92 Å². The van der Waals surface area contributed by atoms with Crippen LogP contribution in [0.2, 0.25) is 0 Å². The Morgan fingerprint density at radius 2 is 2.21 bits per heavy atom. The first-order valence-electron chi connectivity index (χ1n) is 6.03. The van der Waals surface area contributed by atoms with E-state index in [0.717, 1.165) is 28.0 Å². The third-order valence-electron chi connectivity index (χ3n) is 2.96. The Morgan fingerprint density at radius 1 is 1.32 bits per heavy atom. The average Bonchev–Trinajstić information content (AvgIpc) is 2.84. The minimum Gasteiger partial charge on any atom is -0.397 e. The summed E-state index contributed by atoms with van der Waals surface area (Å²) in [5, 5.41) is 8.04. The summed E-state index contributed by atoms with van der Waals surface area (Å²) in [7, 11) is 0. The summed E-state index contributed by atoms with van der Waals surface area (Å²) >= 11 is 0. The number of hydrogen-bond donors (Lipinski definition) is 2. The molecule has 0 bridgehead atoms. The Morgan fingerprint density at radius 3 is 3.00 bits per heavy atom. The zero-order chi connectivity index (χ0) is 13.2.